The average Bonchev–Trinajstić information content (AvgIpc) is 3.15. The fourth-order valence-electron chi connectivity index (χ4n) is 3.10. The number of sulfone groups is 1. The maximum Gasteiger partial charge on any atom is 0.264 e. The van der Waals surface area contributed by atoms with Crippen LogP contribution in [-0.4, -0.2) is 39.3 Å². The van der Waals surface area contributed by atoms with Gasteiger partial charge < -0.3 is 0 Å². The Hall–Kier alpha value is -2.19. The molecule has 1 fully saturated rings. The van der Waals surface area contributed by atoms with Crippen molar-refractivity contribution >= 4 is 32.5 Å². The van der Waals surface area contributed by atoms with Crippen LogP contribution >= 0.6 is 11.6 Å². The summed E-state index contributed by atoms with van der Waals surface area (Å²) in [6.45, 7) is 0.377. The number of nitrogens with zero attached hydrogens (tertiary/aromatic N) is 4. The highest BCUT2D eigenvalue weighted by atomic mass is 35.5. The minimum Gasteiger partial charge on any atom is -0.294 e. The third kappa shape index (κ3) is 3.07. The van der Waals surface area contributed by atoms with Gasteiger partial charge in [0.25, 0.3) is 5.56 Å². The summed E-state index contributed by atoms with van der Waals surface area (Å²) in [6, 6.07) is 6.98. The Balaban J connectivity index is 1.70. The molecule has 1 atom stereocenters. The Labute approximate surface area is 148 Å². The number of rotatable bonds is 3. The van der Waals surface area contributed by atoms with Gasteiger partial charge in [-0.05, 0) is 24.1 Å². The van der Waals surface area contributed by atoms with E-state index in [0.717, 1.165) is 5.56 Å². The van der Waals surface area contributed by atoms with Crippen LogP contribution in [0.5, 0.6) is 0 Å². The van der Waals surface area contributed by atoms with Crippen molar-refractivity contribution < 1.29 is 8.42 Å². The monoisotopic (exact) mass is 378 g/mol. The number of hydrogen-bond donors (Lipinski definition) is 0. The molecule has 7 nitrogen and oxygen atoms in total. The second-order valence-electron chi connectivity index (χ2n) is 6.19. The third-order valence-electron chi connectivity index (χ3n) is 4.40. The first-order chi connectivity index (χ1) is 11.9. The zero-order valence-corrected chi connectivity index (χ0v) is 14.7. The van der Waals surface area contributed by atoms with E-state index in [0.29, 0.717) is 29.0 Å². The summed E-state index contributed by atoms with van der Waals surface area (Å²) >= 11 is 5.87. The maximum atomic E-state index is 12.7. The molecule has 1 saturated heterocycles. The molecule has 130 valence electrons. The maximum absolute atomic E-state index is 12.7. The standard InChI is InChI=1S/C16H15ClN4O3S/c17-12-3-1-11(2-4-12)8-20-10-18-15-14(16(20)22)7-19-21(15)13-5-6-25(23,24)9-13/h1-4,7,10,13H,5-6,8-9H2/t13-/m1/s1. The van der Waals surface area contributed by atoms with Crippen LogP contribution in [0, 0.1) is 0 Å². The van der Waals surface area contributed by atoms with E-state index in [-0.39, 0.29) is 23.1 Å². The first-order valence-electron chi connectivity index (χ1n) is 7.80. The Morgan fingerprint density at radius 3 is 2.68 bits per heavy atom. The van der Waals surface area contributed by atoms with Crippen LogP contribution in [0.1, 0.15) is 18.0 Å². The number of halogens is 1. The lowest BCUT2D eigenvalue weighted by Gasteiger charge is -2.10. The summed E-state index contributed by atoms with van der Waals surface area (Å²) in [5.74, 6) is 0.186. The number of fused-ring (bicyclic) bond motifs is 1. The SMILES string of the molecule is O=c1c2cnn([C@@H]3CCS(=O)(=O)C3)c2ncn1Cc1ccc(Cl)cc1. The molecule has 0 aliphatic carbocycles. The molecule has 1 aliphatic rings. The van der Waals surface area contributed by atoms with Crippen LogP contribution < -0.4 is 5.56 Å². The second-order valence-corrected chi connectivity index (χ2v) is 8.85. The van der Waals surface area contributed by atoms with Crippen molar-refractivity contribution in [1.29, 1.82) is 0 Å². The smallest absolute Gasteiger partial charge is 0.264 e. The van der Waals surface area contributed by atoms with Gasteiger partial charge in [0.05, 0.1) is 30.3 Å². The molecular formula is C16H15ClN4O3S. The molecule has 0 bridgehead atoms. The highest BCUT2D eigenvalue weighted by Gasteiger charge is 2.31. The first-order valence-corrected chi connectivity index (χ1v) is 10.0. The Morgan fingerprint density at radius 2 is 2.00 bits per heavy atom. The largest absolute Gasteiger partial charge is 0.294 e. The van der Waals surface area contributed by atoms with Crippen LogP contribution in [0.15, 0.2) is 41.6 Å². The molecule has 3 aromatic rings. The Bertz CT molecular complexity index is 1100. The van der Waals surface area contributed by atoms with Gasteiger partial charge in [-0.3, -0.25) is 9.36 Å². The van der Waals surface area contributed by atoms with E-state index in [1.165, 1.54) is 17.1 Å². The number of hydrogen-bond acceptors (Lipinski definition) is 5. The van der Waals surface area contributed by atoms with Crippen molar-refractivity contribution in [1.82, 2.24) is 19.3 Å². The molecule has 9 heteroatoms. The van der Waals surface area contributed by atoms with Crippen molar-refractivity contribution in [2.24, 2.45) is 0 Å². The van der Waals surface area contributed by atoms with E-state index in [9.17, 15) is 13.2 Å². The highest BCUT2D eigenvalue weighted by molar-refractivity contribution is 7.91. The fraction of sp³-hybridized carbons (Fsp3) is 0.312. The van der Waals surface area contributed by atoms with E-state index in [1.54, 1.807) is 16.8 Å². The summed E-state index contributed by atoms with van der Waals surface area (Å²) < 4.78 is 26.4. The number of benzene rings is 1. The average molecular weight is 379 g/mol. The molecule has 0 amide bonds. The van der Waals surface area contributed by atoms with Gasteiger partial charge in [0.1, 0.15) is 11.7 Å². The Morgan fingerprint density at radius 1 is 1.24 bits per heavy atom. The van der Waals surface area contributed by atoms with Gasteiger partial charge in [0.15, 0.2) is 15.5 Å². The van der Waals surface area contributed by atoms with E-state index < -0.39 is 9.84 Å². The van der Waals surface area contributed by atoms with Crippen LogP contribution in [0.4, 0.5) is 0 Å². The van der Waals surface area contributed by atoms with Gasteiger partial charge in [-0.25, -0.2) is 18.1 Å². The Kier molecular flexibility index (Phi) is 3.88. The molecule has 0 radical (unpaired) electrons. The molecule has 0 saturated carbocycles. The molecule has 0 spiro atoms. The molecule has 1 aliphatic heterocycles. The minimum atomic E-state index is -3.04. The zero-order chi connectivity index (χ0) is 17.6. The third-order valence-corrected chi connectivity index (χ3v) is 6.40. The van der Waals surface area contributed by atoms with Crippen molar-refractivity contribution in [2.75, 3.05) is 11.5 Å². The van der Waals surface area contributed by atoms with Gasteiger partial charge in [-0.15, -0.1) is 0 Å². The highest BCUT2D eigenvalue weighted by Crippen LogP contribution is 2.25. The van der Waals surface area contributed by atoms with Crippen molar-refractivity contribution in [2.45, 2.75) is 19.0 Å². The normalized spacial score (nSPS) is 19.5. The van der Waals surface area contributed by atoms with Gasteiger partial charge in [0, 0.05) is 5.02 Å². The van der Waals surface area contributed by atoms with Gasteiger partial charge >= 0.3 is 0 Å². The van der Waals surface area contributed by atoms with Crippen molar-refractivity contribution in [3.63, 3.8) is 0 Å². The van der Waals surface area contributed by atoms with E-state index in [2.05, 4.69) is 10.1 Å². The van der Waals surface area contributed by atoms with E-state index in [1.807, 2.05) is 12.1 Å². The van der Waals surface area contributed by atoms with Crippen molar-refractivity contribution in [3.05, 3.63) is 57.7 Å². The number of aromatic nitrogens is 4. The molecule has 1 aromatic carbocycles. The minimum absolute atomic E-state index is 0.0410. The first kappa shape index (κ1) is 16.3. The summed E-state index contributed by atoms with van der Waals surface area (Å²) in [5, 5.41) is 5.25. The van der Waals surface area contributed by atoms with E-state index in [4.69, 9.17) is 11.6 Å². The molecule has 25 heavy (non-hydrogen) atoms. The zero-order valence-electron chi connectivity index (χ0n) is 13.2. The van der Waals surface area contributed by atoms with Gasteiger partial charge in [-0.1, -0.05) is 23.7 Å². The molecule has 4 rings (SSSR count). The van der Waals surface area contributed by atoms with Crippen LogP contribution in [0.25, 0.3) is 11.0 Å². The lowest BCUT2D eigenvalue weighted by molar-refractivity contribution is 0.511. The molecular weight excluding hydrogens is 364 g/mol. The lowest BCUT2D eigenvalue weighted by atomic mass is 10.2. The lowest BCUT2D eigenvalue weighted by Crippen LogP contribution is -2.21. The molecule has 0 N–H and O–H groups in total. The van der Waals surface area contributed by atoms with Gasteiger partial charge in [-0.2, -0.15) is 5.10 Å². The topological polar surface area (TPSA) is 86.8 Å². The summed E-state index contributed by atoms with van der Waals surface area (Å²) in [4.78, 5) is 17.0. The van der Waals surface area contributed by atoms with Crippen LogP contribution in [0.3, 0.4) is 0 Å². The van der Waals surface area contributed by atoms with Gasteiger partial charge in [0.2, 0.25) is 0 Å². The van der Waals surface area contributed by atoms with Crippen LogP contribution in [0.2, 0.25) is 5.02 Å². The van der Waals surface area contributed by atoms with Crippen LogP contribution in [-0.2, 0) is 16.4 Å². The molecule has 0 unspecified atom stereocenters. The predicted octanol–water partition coefficient (Wildman–Crippen LogP) is 1.65. The van der Waals surface area contributed by atoms with E-state index >= 15 is 0 Å². The quantitative estimate of drug-likeness (QED) is 0.691. The second kappa shape index (κ2) is 5.96. The fourth-order valence-corrected chi connectivity index (χ4v) is 4.92. The molecule has 2 aromatic heterocycles. The summed E-state index contributed by atoms with van der Waals surface area (Å²) in [6.07, 6.45) is 3.43. The summed E-state index contributed by atoms with van der Waals surface area (Å²) in [5.41, 5.74) is 1.16. The summed E-state index contributed by atoms with van der Waals surface area (Å²) in [7, 11) is -3.04. The predicted molar refractivity (Wildman–Crippen MR) is 94.6 cm³/mol. The molecule has 3 heterocycles. The van der Waals surface area contributed by atoms with Crippen molar-refractivity contribution in [3.8, 4) is 0 Å².